The lowest BCUT2D eigenvalue weighted by molar-refractivity contribution is -0.136. The second-order valence-corrected chi connectivity index (χ2v) is 6.95. The SMILES string of the molecule is O=C(O)CCP1(=O)Oc2ccccc2-c2c#cccc21. The van der Waals surface area contributed by atoms with E-state index in [1.807, 2.05) is 12.1 Å². The number of rotatable bonds is 3. The van der Waals surface area contributed by atoms with Gasteiger partial charge in [0.2, 0.25) is 0 Å². The fourth-order valence-electron chi connectivity index (χ4n) is 2.24. The quantitative estimate of drug-likeness (QED) is 0.881. The predicted molar refractivity (Wildman–Crippen MR) is 74.5 cm³/mol. The molecule has 0 amide bonds. The highest BCUT2D eigenvalue weighted by atomic mass is 31.2. The molecule has 1 heterocycles. The normalized spacial score (nSPS) is 19.2. The first kappa shape index (κ1) is 12.8. The summed E-state index contributed by atoms with van der Waals surface area (Å²) in [6, 6.07) is 16.3. The third-order valence-electron chi connectivity index (χ3n) is 3.17. The summed E-state index contributed by atoms with van der Waals surface area (Å²) < 4.78 is 18.7. The highest BCUT2D eigenvalue weighted by Crippen LogP contribution is 2.54. The monoisotopic (exact) mass is 286 g/mol. The Morgan fingerprint density at radius 3 is 2.90 bits per heavy atom. The van der Waals surface area contributed by atoms with Crippen molar-refractivity contribution in [2.45, 2.75) is 6.42 Å². The topological polar surface area (TPSA) is 63.6 Å². The largest absolute Gasteiger partial charge is 0.481 e. The molecule has 0 spiro atoms. The minimum Gasteiger partial charge on any atom is -0.481 e. The molecule has 0 bridgehead atoms. The molecule has 1 unspecified atom stereocenters. The standard InChI is InChI=1S/C15H11O4P/c16-15(17)9-10-20(18)14-8-4-2-6-12(14)11-5-1-3-7-13(11)19-20/h1,3-5,7-8H,9-10H2,(H,16,17). The van der Waals surface area contributed by atoms with Gasteiger partial charge in [-0.1, -0.05) is 24.3 Å². The molecular weight excluding hydrogens is 275 g/mol. The number of para-hydroxylation sites is 1. The van der Waals surface area contributed by atoms with Gasteiger partial charge in [0.1, 0.15) is 5.75 Å². The first-order valence-corrected chi connectivity index (χ1v) is 7.94. The molecule has 0 fully saturated rings. The molecule has 5 heteroatoms. The van der Waals surface area contributed by atoms with Crippen molar-refractivity contribution >= 4 is 18.6 Å². The molecule has 0 aromatic heterocycles. The van der Waals surface area contributed by atoms with E-state index in [1.54, 1.807) is 24.3 Å². The van der Waals surface area contributed by atoms with Gasteiger partial charge in [-0.2, -0.15) is 0 Å². The molecule has 4 nitrogen and oxygen atoms in total. The summed E-state index contributed by atoms with van der Waals surface area (Å²) in [4.78, 5) is 10.8. The van der Waals surface area contributed by atoms with E-state index in [-0.39, 0.29) is 12.6 Å². The molecule has 0 saturated heterocycles. The maximum absolute atomic E-state index is 13.0. The minimum atomic E-state index is -3.22. The van der Waals surface area contributed by atoms with E-state index in [0.29, 0.717) is 16.6 Å². The highest BCUT2D eigenvalue weighted by Gasteiger charge is 2.36. The molecule has 0 saturated carbocycles. The van der Waals surface area contributed by atoms with Crippen LogP contribution in [-0.4, -0.2) is 17.2 Å². The molecule has 100 valence electrons. The van der Waals surface area contributed by atoms with Crippen molar-refractivity contribution in [1.82, 2.24) is 0 Å². The van der Waals surface area contributed by atoms with Crippen LogP contribution in [0.5, 0.6) is 5.75 Å². The Labute approximate surface area is 116 Å². The molecule has 0 aliphatic carbocycles. The second-order valence-electron chi connectivity index (χ2n) is 4.49. The maximum atomic E-state index is 13.0. The van der Waals surface area contributed by atoms with Gasteiger partial charge in [0.25, 0.3) is 7.37 Å². The number of carboxylic acids is 1. The van der Waals surface area contributed by atoms with E-state index >= 15 is 0 Å². The summed E-state index contributed by atoms with van der Waals surface area (Å²) in [6.07, 6.45) is -0.223. The Morgan fingerprint density at radius 2 is 2.10 bits per heavy atom. The van der Waals surface area contributed by atoms with Gasteiger partial charge >= 0.3 is 5.97 Å². The molecule has 2 aromatic carbocycles. The van der Waals surface area contributed by atoms with Gasteiger partial charge in [0, 0.05) is 17.3 Å². The summed E-state index contributed by atoms with van der Waals surface area (Å²) in [6.45, 7) is 0. The lowest BCUT2D eigenvalue weighted by atomic mass is 10.1. The molecule has 1 N–H and O–H groups in total. The summed E-state index contributed by atoms with van der Waals surface area (Å²) >= 11 is 0. The number of hydrogen-bond acceptors (Lipinski definition) is 3. The van der Waals surface area contributed by atoms with Gasteiger partial charge in [-0.3, -0.25) is 9.36 Å². The lowest BCUT2D eigenvalue weighted by Crippen LogP contribution is -2.20. The molecular formula is C15H11O4P. The second kappa shape index (κ2) is 4.70. The van der Waals surface area contributed by atoms with Crippen molar-refractivity contribution in [2.24, 2.45) is 0 Å². The van der Waals surface area contributed by atoms with Gasteiger partial charge in [0.15, 0.2) is 0 Å². The van der Waals surface area contributed by atoms with Crippen LogP contribution in [0.3, 0.4) is 0 Å². The average Bonchev–Trinajstić information content (AvgIpc) is 2.46. The van der Waals surface area contributed by atoms with Crippen molar-refractivity contribution in [3.8, 4) is 16.9 Å². The minimum absolute atomic E-state index is 0.0263. The van der Waals surface area contributed by atoms with Crippen LogP contribution in [0.4, 0.5) is 0 Å². The van der Waals surface area contributed by atoms with Crippen LogP contribution >= 0.6 is 7.37 Å². The van der Waals surface area contributed by atoms with E-state index in [9.17, 15) is 9.36 Å². The molecule has 0 radical (unpaired) electrons. The van der Waals surface area contributed by atoms with Crippen LogP contribution in [0.2, 0.25) is 0 Å². The van der Waals surface area contributed by atoms with Gasteiger partial charge in [-0.25, -0.2) is 0 Å². The number of benzene rings is 1. The molecule has 1 aliphatic rings. The van der Waals surface area contributed by atoms with Gasteiger partial charge in [0.05, 0.1) is 11.7 Å². The number of fused-ring (bicyclic) bond motifs is 3. The number of carboxylic acid groups (broad SMARTS) is 1. The van der Waals surface area contributed by atoms with Crippen LogP contribution in [0, 0.1) is 12.1 Å². The number of hydrogen-bond donors (Lipinski definition) is 1. The van der Waals surface area contributed by atoms with E-state index in [0.717, 1.165) is 5.56 Å². The van der Waals surface area contributed by atoms with Crippen LogP contribution in [0.25, 0.3) is 11.1 Å². The Bertz CT molecular complexity index is 723. The smallest absolute Gasteiger partial charge is 0.303 e. The molecule has 3 rings (SSSR count). The Morgan fingerprint density at radius 1 is 1.30 bits per heavy atom. The van der Waals surface area contributed by atoms with Crippen molar-refractivity contribution < 1.29 is 19.0 Å². The highest BCUT2D eigenvalue weighted by molar-refractivity contribution is 7.67. The Balaban J connectivity index is 2.13. The summed E-state index contributed by atoms with van der Waals surface area (Å²) in [5.74, 6) is -0.486. The zero-order valence-electron chi connectivity index (χ0n) is 10.5. The van der Waals surface area contributed by atoms with E-state index in [1.165, 1.54) is 0 Å². The summed E-state index contributed by atoms with van der Waals surface area (Å²) in [5.41, 5.74) is 1.49. The van der Waals surface area contributed by atoms with Crippen molar-refractivity contribution in [3.05, 3.63) is 48.5 Å². The fraction of sp³-hybridized carbons (Fsp3) is 0.133. The van der Waals surface area contributed by atoms with Crippen molar-refractivity contribution in [2.75, 3.05) is 6.16 Å². The molecule has 2 aromatic rings. The van der Waals surface area contributed by atoms with Crippen molar-refractivity contribution in [3.63, 3.8) is 0 Å². The van der Waals surface area contributed by atoms with E-state index in [4.69, 9.17) is 9.63 Å². The Kier molecular flexibility index (Phi) is 3.00. The van der Waals surface area contributed by atoms with Crippen LogP contribution in [-0.2, 0) is 9.36 Å². The van der Waals surface area contributed by atoms with Gasteiger partial charge in [-0.15, -0.1) is 0 Å². The van der Waals surface area contributed by atoms with E-state index < -0.39 is 13.3 Å². The van der Waals surface area contributed by atoms with Crippen LogP contribution < -0.4 is 9.83 Å². The fourth-order valence-corrected chi connectivity index (χ4v) is 4.45. The van der Waals surface area contributed by atoms with Crippen LogP contribution in [0.1, 0.15) is 6.42 Å². The number of aliphatic carboxylic acids is 1. The third kappa shape index (κ3) is 2.07. The third-order valence-corrected chi connectivity index (χ3v) is 5.58. The predicted octanol–water partition coefficient (Wildman–Crippen LogP) is 2.72. The van der Waals surface area contributed by atoms with Crippen molar-refractivity contribution in [1.29, 1.82) is 0 Å². The van der Waals surface area contributed by atoms with Gasteiger partial charge < -0.3 is 9.63 Å². The number of carbonyl (C=O) groups is 1. The first-order chi connectivity index (χ1) is 9.60. The molecule has 1 aliphatic heterocycles. The zero-order chi connectivity index (χ0) is 14.2. The van der Waals surface area contributed by atoms with E-state index in [2.05, 4.69) is 12.1 Å². The summed E-state index contributed by atoms with van der Waals surface area (Å²) in [7, 11) is -3.22. The Hall–Kier alpha value is -2.24. The first-order valence-electron chi connectivity index (χ1n) is 6.13. The average molecular weight is 286 g/mol. The molecule has 1 atom stereocenters. The van der Waals surface area contributed by atoms with Crippen LogP contribution in [0.15, 0.2) is 36.4 Å². The summed E-state index contributed by atoms with van der Waals surface area (Å²) in [5, 5.41) is 9.34. The van der Waals surface area contributed by atoms with Gasteiger partial charge in [-0.05, 0) is 24.3 Å². The molecule has 20 heavy (non-hydrogen) atoms. The maximum Gasteiger partial charge on any atom is 0.303 e. The lowest BCUT2D eigenvalue weighted by Gasteiger charge is -2.27. The zero-order valence-corrected chi connectivity index (χ0v) is 11.4.